The predicted octanol–water partition coefficient (Wildman–Crippen LogP) is 2.85. The van der Waals surface area contributed by atoms with Crippen LogP contribution in [0.15, 0.2) is 24.3 Å². The van der Waals surface area contributed by atoms with Crippen LogP contribution in [-0.2, 0) is 0 Å². The molecule has 0 aromatic heterocycles. The molecule has 78 valence electrons. The average molecular weight is 202 g/mol. The highest BCUT2D eigenvalue weighted by Crippen LogP contribution is 2.17. The Balaban J connectivity index is 0.000000921. The van der Waals surface area contributed by atoms with Crippen molar-refractivity contribution >= 4 is 0 Å². The third kappa shape index (κ3) is 3.70. The summed E-state index contributed by atoms with van der Waals surface area (Å²) >= 11 is 0. The molecule has 0 fully saturated rings. The van der Waals surface area contributed by atoms with Crippen LogP contribution >= 0.6 is 0 Å². The molecule has 0 N–H and O–H groups in total. The van der Waals surface area contributed by atoms with Crippen molar-refractivity contribution in [3.8, 4) is 17.9 Å². The van der Waals surface area contributed by atoms with Crippen molar-refractivity contribution in [2.75, 3.05) is 7.11 Å². The lowest BCUT2D eigenvalue weighted by atomic mass is 10.0. The molecule has 1 rings (SSSR count). The Kier molecular flexibility index (Phi) is 6.42. The Morgan fingerprint density at radius 2 is 1.53 bits per heavy atom. The maximum Gasteiger partial charge on any atom is 0.158 e. The zero-order valence-electron chi connectivity index (χ0n) is 9.19. The molecule has 1 aromatic carbocycles. The van der Waals surface area contributed by atoms with Crippen LogP contribution in [0.4, 0.5) is 0 Å². The third-order valence-corrected chi connectivity index (χ3v) is 1.71. The molecule has 3 heteroatoms. The van der Waals surface area contributed by atoms with Gasteiger partial charge in [0, 0.05) is 0 Å². The van der Waals surface area contributed by atoms with Gasteiger partial charge in [-0.3, -0.25) is 0 Å². The number of methoxy groups -OCH3 is 1. The number of benzene rings is 1. The van der Waals surface area contributed by atoms with E-state index in [1.54, 1.807) is 31.4 Å². The first-order valence-electron chi connectivity index (χ1n) is 4.75. The van der Waals surface area contributed by atoms with Gasteiger partial charge in [-0.2, -0.15) is 10.5 Å². The second-order valence-corrected chi connectivity index (χ2v) is 2.46. The molecule has 0 bridgehead atoms. The smallest absolute Gasteiger partial charge is 0.158 e. The van der Waals surface area contributed by atoms with E-state index in [9.17, 15) is 0 Å². The van der Waals surface area contributed by atoms with Crippen molar-refractivity contribution in [3.05, 3.63) is 29.8 Å². The molecule has 0 aliphatic rings. The average Bonchev–Trinajstić information content (AvgIpc) is 2.34. The van der Waals surface area contributed by atoms with Gasteiger partial charge in [0.05, 0.1) is 19.2 Å². The zero-order valence-corrected chi connectivity index (χ0v) is 9.19. The van der Waals surface area contributed by atoms with E-state index in [4.69, 9.17) is 15.3 Å². The number of ether oxygens (including phenoxy) is 1. The van der Waals surface area contributed by atoms with E-state index in [1.807, 2.05) is 26.0 Å². The van der Waals surface area contributed by atoms with Crippen molar-refractivity contribution in [2.45, 2.75) is 19.8 Å². The topological polar surface area (TPSA) is 56.8 Å². The van der Waals surface area contributed by atoms with E-state index in [0.717, 1.165) is 5.75 Å². The van der Waals surface area contributed by atoms with Gasteiger partial charge in [-0.05, 0) is 17.7 Å². The molecular formula is C12H14N2O. The molecule has 0 aliphatic heterocycles. The van der Waals surface area contributed by atoms with Crippen molar-refractivity contribution < 1.29 is 4.74 Å². The highest BCUT2D eigenvalue weighted by atomic mass is 16.5. The molecule has 0 saturated carbocycles. The fourth-order valence-electron chi connectivity index (χ4n) is 0.974. The lowest BCUT2D eigenvalue weighted by Gasteiger charge is -2.02. The minimum Gasteiger partial charge on any atom is -0.497 e. The van der Waals surface area contributed by atoms with Gasteiger partial charge in [0.25, 0.3) is 0 Å². The summed E-state index contributed by atoms with van der Waals surface area (Å²) in [6.07, 6.45) is 0. The minimum absolute atomic E-state index is 0.689. The Hall–Kier alpha value is -2.00. The molecule has 0 radical (unpaired) electrons. The Bertz CT molecular complexity index is 343. The first-order valence-corrected chi connectivity index (χ1v) is 4.75. The van der Waals surface area contributed by atoms with Crippen LogP contribution in [-0.4, -0.2) is 7.11 Å². The van der Waals surface area contributed by atoms with Crippen molar-refractivity contribution in [1.82, 2.24) is 0 Å². The largest absolute Gasteiger partial charge is 0.497 e. The summed E-state index contributed by atoms with van der Waals surface area (Å²) in [4.78, 5) is 0. The predicted molar refractivity (Wildman–Crippen MR) is 58.3 cm³/mol. The quantitative estimate of drug-likeness (QED) is 0.740. The van der Waals surface area contributed by atoms with Gasteiger partial charge in [0.15, 0.2) is 5.92 Å². The molecule has 0 saturated heterocycles. The second kappa shape index (κ2) is 7.41. The molecule has 0 amide bonds. The van der Waals surface area contributed by atoms with Crippen LogP contribution in [0.2, 0.25) is 0 Å². The van der Waals surface area contributed by atoms with Gasteiger partial charge in [0.2, 0.25) is 0 Å². The Morgan fingerprint density at radius 1 is 1.07 bits per heavy atom. The summed E-state index contributed by atoms with van der Waals surface area (Å²) in [5.41, 5.74) is 0.700. The summed E-state index contributed by atoms with van der Waals surface area (Å²) < 4.78 is 4.95. The number of nitriles is 2. The lowest BCUT2D eigenvalue weighted by molar-refractivity contribution is 0.414. The van der Waals surface area contributed by atoms with Gasteiger partial charge in [-0.25, -0.2) is 0 Å². The Morgan fingerprint density at radius 3 is 1.87 bits per heavy atom. The van der Waals surface area contributed by atoms with E-state index >= 15 is 0 Å². The molecule has 0 aliphatic carbocycles. The number of rotatable bonds is 2. The van der Waals surface area contributed by atoms with Crippen LogP contribution < -0.4 is 4.74 Å². The van der Waals surface area contributed by atoms with E-state index in [0.29, 0.717) is 5.56 Å². The molecular weight excluding hydrogens is 188 g/mol. The third-order valence-electron chi connectivity index (χ3n) is 1.71. The summed E-state index contributed by atoms with van der Waals surface area (Å²) in [6, 6.07) is 10.7. The molecule has 3 nitrogen and oxygen atoms in total. The van der Waals surface area contributed by atoms with Crippen molar-refractivity contribution in [3.63, 3.8) is 0 Å². The van der Waals surface area contributed by atoms with E-state index < -0.39 is 5.92 Å². The summed E-state index contributed by atoms with van der Waals surface area (Å²) in [7, 11) is 1.57. The van der Waals surface area contributed by atoms with Crippen molar-refractivity contribution in [1.29, 1.82) is 10.5 Å². The number of nitrogens with zero attached hydrogens (tertiary/aromatic N) is 2. The summed E-state index contributed by atoms with van der Waals surface area (Å²) in [6.45, 7) is 4.00. The maximum absolute atomic E-state index is 8.60. The highest BCUT2D eigenvalue weighted by molar-refractivity contribution is 5.35. The summed E-state index contributed by atoms with van der Waals surface area (Å²) in [5.74, 6) is 0.0317. The molecule has 0 unspecified atom stereocenters. The van der Waals surface area contributed by atoms with Gasteiger partial charge in [-0.1, -0.05) is 26.0 Å². The number of hydrogen-bond donors (Lipinski definition) is 0. The van der Waals surface area contributed by atoms with Gasteiger partial charge < -0.3 is 4.74 Å². The molecule has 0 spiro atoms. The van der Waals surface area contributed by atoms with E-state index in [-0.39, 0.29) is 0 Å². The first kappa shape index (κ1) is 13.0. The van der Waals surface area contributed by atoms with Crippen LogP contribution in [0, 0.1) is 22.7 Å². The summed E-state index contributed by atoms with van der Waals surface area (Å²) in [5, 5.41) is 17.2. The fourth-order valence-corrected chi connectivity index (χ4v) is 0.974. The standard InChI is InChI=1S/C10H8N2O.C2H6/c1-13-10-4-2-8(3-5-10)9(6-11)7-12;1-2/h2-5,9H,1H3;1-2H3. The van der Waals surface area contributed by atoms with Gasteiger partial charge in [0.1, 0.15) is 5.75 Å². The van der Waals surface area contributed by atoms with E-state index in [1.165, 1.54) is 0 Å². The SMILES string of the molecule is CC.COc1ccc(C(C#N)C#N)cc1. The van der Waals surface area contributed by atoms with Gasteiger partial charge >= 0.3 is 0 Å². The van der Waals surface area contributed by atoms with Crippen LogP contribution in [0.5, 0.6) is 5.75 Å². The maximum atomic E-state index is 8.60. The second-order valence-electron chi connectivity index (χ2n) is 2.46. The van der Waals surface area contributed by atoms with E-state index in [2.05, 4.69) is 0 Å². The zero-order chi connectivity index (χ0) is 11.7. The van der Waals surface area contributed by atoms with Gasteiger partial charge in [-0.15, -0.1) is 0 Å². The lowest BCUT2D eigenvalue weighted by Crippen LogP contribution is -1.91. The molecule has 15 heavy (non-hydrogen) atoms. The first-order chi connectivity index (χ1) is 7.31. The minimum atomic E-state index is -0.689. The highest BCUT2D eigenvalue weighted by Gasteiger charge is 2.07. The van der Waals surface area contributed by atoms with Crippen LogP contribution in [0.1, 0.15) is 25.3 Å². The van der Waals surface area contributed by atoms with Crippen LogP contribution in [0.3, 0.4) is 0 Å². The fraction of sp³-hybridized carbons (Fsp3) is 0.333. The number of hydrogen-bond acceptors (Lipinski definition) is 3. The molecule has 1 aromatic rings. The monoisotopic (exact) mass is 202 g/mol. The molecule has 0 atom stereocenters. The Labute approximate surface area is 90.5 Å². The van der Waals surface area contributed by atoms with Crippen LogP contribution in [0.25, 0.3) is 0 Å². The molecule has 0 heterocycles. The normalized spacial score (nSPS) is 8.13. The van der Waals surface area contributed by atoms with Crippen molar-refractivity contribution in [2.24, 2.45) is 0 Å².